The summed E-state index contributed by atoms with van der Waals surface area (Å²) in [6.45, 7) is 0. The van der Waals surface area contributed by atoms with E-state index in [1.54, 1.807) is 4.74 Å². The van der Waals surface area contributed by atoms with Crippen molar-refractivity contribution in [3.63, 3.8) is 0 Å². The van der Waals surface area contributed by atoms with E-state index >= 15 is 0 Å². The molecule has 0 aliphatic heterocycles. The van der Waals surface area contributed by atoms with Gasteiger partial charge in [-0.05, 0) is 0 Å². The van der Waals surface area contributed by atoms with Crippen LogP contribution in [0, 0.1) is 0 Å². The largest absolute Gasteiger partial charge is 1.00 e. The van der Waals surface area contributed by atoms with Crippen LogP contribution in [-0.4, -0.2) is 48.7 Å². The summed E-state index contributed by atoms with van der Waals surface area (Å²) in [5.74, 6) is -18.7. The van der Waals surface area contributed by atoms with Gasteiger partial charge in [0.15, 0.2) is 0 Å². The van der Waals surface area contributed by atoms with Gasteiger partial charge in [-0.15, -0.1) is 0 Å². The molecule has 0 rings (SSSR count). The molecule has 0 aromatic rings. The summed E-state index contributed by atoms with van der Waals surface area (Å²) < 4.78 is 177. The number of carbonyl (C=O) groups excluding carboxylic acids is 1. The number of alkyl halides is 14. The van der Waals surface area contributed by atoms with Crippen molar-refractivity contribution < 1.29 is 110 Å². The standard InChI is InChI=1S/C8H2F14O4.Na/c9-1(4(12,13)14)25-8(21,22)5(15,6(16,17)18)26-7(19,20)3(10,11)2(23)24;/h1H,(H,23,24);/q;+1/p-1. The number of aliphatic carboxylic acids is 1. The smallest absolute Gasteiger partial charge is 0.544 e. The topological polar surface area (TPSA) is 58.6 Å². The van der Waals surface area contributed by atoms with E-state index in [1.807, 2.05) is 0 Å². The minimum Gasteiger partial charge on any atom is -0.544 e. The Hall–Kier alpha value is -0.590. The molecule has 0 saturated heterocycles. The summed E-state index contributed by atoms with van der Waals surface area (Å²) >= 11 is 0. The van der Waals surface area contributed by atoms with E-state index in [1.165, 1.54) is 4.74 Å². The molecule has 4 nitrogen and oxygen atoms in total. The fraction of sp³-hybridized carbons (Fsp3) is 0.875. The molecule has 0 N–H and O–H groups in total. The van der Waals surface area contributed by atoms with Gasteiger partial charge in [-0.1, -0.05) is 0 Å². The van der Waals surface area contributed by atoms with Crippen LogP contribution in [-0.2, 0) is 14.3 Å². The minimum atomic E-state index is -7.56. The summed E-state index contributed by atoms with van der Waals surface area (Å²) in [4.78, 5) is 9.71. The summed E-state index contributed by atoms with van der Waals surface area (Å²) in [7, 11) is 0. The zero-order chi connectivity index (χ0) is 21.6. The number of hydrogen-bond acceptors (Lipinski definition) is 4. The Kier molecular flexibility index (Phi) is 8.52. The first kappa shape index (κ1) is 28.6. The quantitative estimate of drug-likeness (QED) is 0.395. The molecule has 0 radical (unpaired) electrons. The Bertz CT molecular complexity index is 530. The van der Waals surface area contributed by atoms with Crippen molar-refractivity contribution in [3.05, 3.63) is 0 Å². The van der Waals surface area contributed by atoms with Crippen LogP contribution in [0.3, 0.4) is 0 Å². The second-order valence-electron chi connectivity index (χ2n) is 4.07. The molecule has 0 aliphatic rings. The second kappa shape index (κ2) is 8.03. The molecule has 2 atom stereocenters. The molecule has 0 saturated carbocycles. The van der Waals surface area contributed by atoms with Crippen molar-refractivity contribution in [1.82, 2.24) is 0 Å². The van der Waals surface area contributed by atoms with Gasteiger partial charge in [0.25, 0.3) is 6.36 Å². The number of carbonyl (C=O) groups is 1. The molecule has 156 valence electrons. The molecule has 0 aromatic heterocycles. The Morgan fingerprint density at radius 3 is 1.41 bits per heavy atom. The van der Waals surface area contributed by atoms with Crippen molar-refractivity contribution in [2.75, 3.05) is 0 Å². The summed E-state index contributed by atoms with van der Waals surface area (Å²) in [6, 6.07) is 0. The Labute approximate surface area is 159 Å². The van der Waals surface area contributed by atoms with E-state index in [0.29, 0.717) is 0 Å². The number of ether oxygens (including phenoxy) is 2. The number of halogens is 14. The molecule has 0 aromatic carbocycles. The minimum absolute atomic E-state index is 0. The third kappa shape index (κ3) is 5.70. The maximum Gasteiger partial charge on any atom is 1.00 e. The normalized spacial score (nSPS) is 17.7. The van der Waals surface area contributed by atoms with Crippen LogP contribution in [0.25, 0.3) is 0 Å². The Morgan fingerprint density at radius 2 is 1.15 bits per heavy atom. The summed E-state index contributed by atoms with van der Waals surface area (Å²) in [5.41, 5.74) is 0. The number of rotatable bonds is 7. The molecule has 0 bridgehead atoms. The molecule has 0 spiro atoms. The van der Waals surface area contributed by atoms with E-state index in [4.69, 9.17) is 0 Å². The van der Waals surface area contributed by atoms with Gasteiger partial charge >= 0.3 is 65.9 Å². The maximum atomic E-state index is 13.3. The van der Waals surface area contributed by atoms with E-state index in [0.717, 1.165) is 0 Å². The molecule has 27 heavy (non-hydrogen) atoms. The van der Waals surface area contributed by atoms with Crippen molar-refractivity contribution in [1.29, 1.82) is 0 Å². The number of hydrogen-bond donors (Lipinski definition) is 0. The molecule has 0 heterocycles. The third-order valence-corrected chi connectivity index (χ3v) is 2.14. The van der Waals surface area contributed by atoms with Crippen LogP contribution in [0.2, 0.25) is 0 Å². The van der Waals surface area contributed by atoms with Crippen LogP contribution in [0.5, 0.6) is 0 Å². The first-order valence-corrected chi connectivity index (χ1v) is 5.22. The SMILES string of the molecule is O=C([O-])C(F)(F)C(F)(F)OC(F)(C(F)(F)F)C(F)(F)OC(F)C(F)(F)F.[Na+]. The summed E-state index contributed by atoms with van der Waals surface area (Å²) in [6.07, 6.45) is -34.1. The monoisotopic (exact) mass is 450 g/mol. The van der Waals surface area contributed by atoms with Gasteiger partial charge in [0, 0.05) is 0 Å². The van der Waals surface area contributed by atoms with Crippen molar-refractivity contribution in [2.24, 2.45) is 0 Å². The molecule has 2 unspecified atom stereocenters. The molecule has 19 heteroatoms. The van der Waals surface area contributed by atoms with E-state index in [2.05, 4.69) is 0 Å². The zero-order valence-corrected chi connectivity index (χ0v) is 14.0. The van der Waals surface area contributed by atoms with Crippen LogP contribution >= 0.6 is 0 Å². The first-order chi connectivity index (χ1) is 11.0. The van der Waals surface area contributed by atoms with Gasteiger partial charge in [-0.3, -0.25) is 9.47 Å². The van der Waals surface area contributed by atoms with Crippen molar-refractivity contribution in [2.45, 2.75) is 42.7 Å². The fourth-order valence-electron chi connectivity index (χ4n) is 0.914. The molecule has 0 amide bonds. The first-order valence-electron chi connectivity index (χ1n) is 5.22. The average molecular weight is 450 g/mol. The van der Waals surface area contributed by atoms with E-state index in [-0.39, 0.29) is 29.6 Å². The predicted octanol–water partition coefficient (Wildman–Crippen LogP) is -0.320. The number of carboxylic acid groups (broad SMARTS) is 1. The van der Waals surface area contributed by atoms with Gasteiger partial charge in [-0.2, -0.15) is 57.1 Å². The summed E-state index contributed by atoms with van der Waals surface area (Å²) in [5, 5.41) is 9.71. The molecular weight excluding hydrogens is 449 g/mol. The maximum absolute atomic E-state index is 13.3. The predicted molar refractivity (Wildman–Crippen MR) is 42.9 cm³/mol. The van der Waals surface area contributed by atoms with Crippen LogP contribution < -0.4 is 34.7 Å². The van der Waals surface area contributed by atoms with Crippen LogP contribution in [0.1, 0.15) is 0 Å². The van der Waals surface area contributed by atoms with Crippen LogP contribution in [0.4, 0.5) is 61.5 Å². The molecule has 0 fully saturated rings. The van der Waals surface area contributed by atoms with Gasteiger partial charge in [0.2, 0.25) is 0 Å². The van der Waals surface area contributed by atoms with Gasteiger partial charge in [0.1, 0.15) is 5.97 Å². The Balaban J connectivity index is 0. The number of carboxylic acids is 1. The van der Waals surface area contributed by atoms with Crippen molar-refractivity contribution in [3.8, 4) is 0 Å². The third-order valence-electron chi connectivity index (χ3n) is 2.14. The molecule has 0 aliphatic carbocycles. The fourth-order valence-corrected chi connectivity index (χ4v) is 0.914. The Morgan fingerprint density at radius 1 is 0.778 bits per heavy atom. The molecular formula is C8HF14NaO4. The zero-order valence-electron chi connectivity index (χ0n) is 12.0. The van der Waals surface area contributed by atoms with E-state index < -0.39 is 48.7 Å². The van der Waals surface area contributed by atoms with Crippen molar-refractivity contribution >= 4 is 5.97 Å². The second-order valence-corrected chi connectivity index (χ2v) is 4.07. The average Bonchev–Trinajstić information content (AvgIpc) is 2.34. The van der Waals surface area contributed by atoms with Gasteiger partial charge in [0.05, 0.1) is 0 Å². The van der Waals surface area contributed by atoms with Crippen LogP contribution in [0.15, 0.2) is 0 Å². The van der Waals surface area contributed by atoms with Gasteiger partial charge in [-0.25, -0.2) is 4.39 Å². The van der Waals surface area contributed by atoms with Gasteiger partial charge < -0.3 is 9.90 Å². The van der Waals surface area contributed by atoms with E-state index in [9.17, 15) is 71.4 Å².